The van der Waals surface area contributed by atoms with Crippen molar-refractivity contribution in [3.05, 3.63) is 29.3 Å². The lowest BCUT2D eigenvalue weighted by atomic mass is 10.1. The number of para-hydroxylation sites is 1. The molecule has 2 rings (SSSR count). The van der Waals surface area contributed by atoms with Gasteiger partial charge in [-0.25, -0.2) is 4.79 Å². The van der Waals surface area contributed by atoms with Crippen LogP contribution in [0, 0.1) is 11.8 Å². The number of ether oxygens (including phenoxy) is 1. The highest BCUT2D eigenvalue weighted by Crippen LogP contribution is 2.28. The summed E-state index contributed by atoms with van der Waals surface area (Å²) < 4.78 is 5.37. The second-order valence-corrected chi connectivity index (χ2v) is 2.95. The van der Waals surface area contributed by atoms with Crippen molar-refractivity contribution < 1.29 is 14.6 Å². The van der Waals surface area contributed by atoms with Crippen molar-refractivity contribution in [1.82, 2.24) is 0 Å². The Labute approximate surface area is 81.3 Å². The zero-order chi connectivity index (χ0) is 9.97. The molecule has 1 heterocycles. The number of carboxylic acids is 1. The summed E-state index contributed by atoms with van der Waals surface area (Å²) in [7, 11) is 0. The highest BCUT2D eigenvalue weighted by molar-refractivity contribution is 5.87. The molecule has 1 N–H and O–H groups in total. The first-order chi connectivity index (χ1) is 6.77. The van der Waals surface area contributed by atoms with Gasteiger partial charge in [0.1, 0.15) is 5.75 Å². The third-order valence-corrected chi connectivity index (χ3v) is 2.02. The molecule has 0 aromatic heterocycles. The van der Waals surface area contributed by atoms with Crippen molar-refractivity contribution in [2.75, 3.05) is 6.61 Å². The van der Waals surface area contributed by atoms with Crippen LogP contribution in [-0.2, 0) is 11.2 Å². The highest BCUT2D eigenvalue weighted by atomic mass is 16.5. The molecule has 14 heavy (non-hydrogen) atoms. The van der Waals surface area contributed by atoms with E-state index in [1.54, 1.807) is 6.07 Å². The highest BCUT2D eigenvalue weighted by Gasteiger charge is 2.14. The third-order valence-electron chi connectivity index (χ3n) is 2.02. The molecule has 0 atom stereocenters. The number of hydrogen-bond acceptors (Lipinski definition) is 2. The lowest BCUT2D eigenvalue weighted by molar-refractivity contribution is -0.130. The Balaban J connectivity index is 2.41. The van der Waals surface area contributed by atoms with Crippen molar-refractivity contribution >= 4 is 5.97 Å². The minimum absolute atomic E-state index is 0.654. The van der Waals surface area contributed by atoms with Crippen LogP contribution in [0.15, 0.2) is 18.2 Å². The molecule has 0 spiro atoms. The lowest BCUT2D eigenvalue weighted by Crippen LogP contribution is -1.90. The molecule has 0 amide bonds. The van der Waals surface area contributed by atoms with Crippen molar-refractivity contribution in [3.63, 3.8) is 0 Å². The molecule has 0 bridgehead atoms. The maximum atomic E-state index is 10.3. The molecule has 1 aliphatic heterocycles. The Morgan fingerprint density at radius 2 is 2.36 bits per heavy atom. The molecule has 1 aromatic carbocycles. The Morgan fingerprint density at radius 1 is 1.50 bits per heavy atom. The van der Waals surface area contributed by atoms with Gasteiger partial charge in [-0.1, -0.05) is 18.1 Å². The summed E-state index contributed by atoms with van der Waals surface area (Å²) >= 11 is 0. The van der Waals surface area contributed by atoms with Crippen molar-refractivity contribution in [1.29, 1.82) is 0 Å². The molecule has 0 aliphatic carbocycles. The van der Waals surface area contributed by atoms with Gasteiger partial charge in [-0.05, 0) is 11.6 Å². The summed E-state index contributed by atoms with van der Waals surface area (Å²) in [5.41, 5.74) is 1.75. The average molecular weight is 188 g/mol. The monoisotopic (exact) mass is 188 g/mol. The van der Waals surface area contributed by atoms with Crippen molar-refractivity contribution in [3.8, 4) is 17.6 Å². The lowest BCUT2D eigenvalue weighted by Gasteiger charge is -2.00. The Bertz CT molecular complexity index is 438. The number of carboxylic acid groups (broad SMARTS) is 1. The van der Waals surface area contributed by atoms with Gasteiger partial charge in [0, 0.05) is 12.3 Å². The first kappa shape index (κ1) is 8.64. The number of carbonyl (C=O) groups is 1. The molecule has 0 saturated heterocycles. The van der Waals surface area contributed by atoms with Crippen LogP contribution < -0.4 is 4.74 Å². The molecular formula is C11H8O3. The van der Waals surface area contributed by atoms with Gasteiger partial charge in [0.2, 0.25) is 0 Å². The SMILES string of the molecule is O=C(O)C#Cc1cccc2c1OCC2. The minimum atomic E-state index is -1.12. The average Bonchev–Trinajstić information content (AvgIpc) is 2.62. The number of rotatable bonds is 0. The van der Waals surface area contributed by atoms with E-state index in [1.165, 1.54) is 0 Å². The molecule has 3 heteroatoms. The third kappa shape index (κ3) is 1.55. The molecular weight excluding hydrogens is 180 g/mol. The van der Waals surface area contributed by atoms with Crippen LogP contribution >= 0.6 is 0 Å². The Morgan fingerprint density at radius 3 is 3.14 bits per heavy atom. The van der Waals surface area contributed by atoms with Gasteiger partial charge >= 0.3 is 5.97 Å². The Kier molecular flexibility index (Phi) is 2.11. The quantitative estimate of drug-likeness (QED) is 0.619. The molecule has 0 radical (unpaired) electrons. The van der Waals surface area contributed by atoms with Gasteiger partial charge in [0.05, 0.1) is 12.2 Å². The zero-order valence-electron chi connectivity index (χ0n) is 7.41. The van der Waals surface area contributed by atoms with E-state index in [0.29, 0.717) is 12.2 Å². The minimum Gasteiger partial charge on any atom is -0.492 e. The second kappa shape index (κ2) is 3.43. The Hall–Kier alpha value is -1.95. The molecule has 3 nitrogen and oxygen atoms in total. The molecule has 70 valence electrons. The topological polar surface area (TPSA) is 46.5 Å². The van der Waals surface area contributed by atoms with E-state index in [9.17, 15) is 4.79 Å². The maximum Gasteiger partial charge on any atom is 0.382 e. The van der Waals surface area contributed by atoms with Gasteiger partial charge in [-0.3, -0.25) is 0 Å². The van der Waals surface area contributed by atoms with E-state index in [-0.39, 0.29) is 0 Å². The molecule has 0 saturated carbocycles. The normalized spacial score (nSPS) is 12.3. The van der Waals surface area contributed by atoms with Crippen LogP contribution in [0.3, 0.4) is 0 Å². The van der Waals surface area contributed by atoms with Crippen LogP contribution in [0.2, 0.25) is 0 Å². The zero-order valence-corrected chi connectivity index (χ0v) is 7.41. The van der Waals surface area contributed by atoms with E-state index in [1.807, 2.05) is 12.1 Å². The predicted molar refractivity (Wildman–Crippen MR) is 50.2 cm³/mol. The van der Waals surface area contributed by atoms with Crippen molar-refractivity contribution in [2.24, 2.45) is 0 Å². The van der Waals surface area contributed by atoms with E-state index < -0.39 is 5.97 Å². The maximum absolute atomic E-state index is 10.3. The summed E-state index contributed by atoms with van der Waals surface area (Å²) in [6.45, 7) is 0.654. The van der Waals surface area contributed by atoms with Gasteiger partial charge in [0.15, 0.2) is 0 Å². The second-order valence-electron chi connectivity index (χ2n) is 2.95. The molecule has 0 fully saturated rings. The van der Waals surface area contributed by atoms with Gasteiger partial charge in [-0.2, -0.15) is 0 Å². The van der Waals surface area contributed by atoms with Gasteiger partial charge in [0.25, 0.3) is 0 Å². The number of hydrogen-bond donors (Lipinski definition) is 1. The summed E-state index contributed by atoms with van der Waals surface area (Å²) in [5.74, 6) is 4.26. The van der Waals surface area contributed by atoms with E-state index in [0.717, 1.165) is 17.7 Å². The number of benzene rings is 1. The molecule has 1 aliphatic rings. The van der Waals surface area contributed by atoms with Gasteiger partial charge in [-0.15, -0.1) is 0 Å². The fourth-order valence-electron chi connectivity index (χ4n) is 1.43. The standard InChI is InChI=1S/C11H8O3/c12-10(13)5-4-8-2-1-3-9-6-7-14-11(8)9/h1-3H,6-7H2,(H,12,13). The van der Waals surface area contributed by atoms with E-state index in [4.69, 9.17) is 9.84 Å². The number of fused-ring (bicyclic) bond motifs is 1. The first-order valence-electron chi connectivity index (χ1n) is 4.27. The summed E-state index contributed by atoms with van der Waals surface area (Å²) in [4.78, 5) is 10.3. The van der Waals surface area contributed by atoms with Crippen LogP contribution in [0.1, 0.15) is 11.1 Å². The fraction of sp³-hybridized carbons (Fsp3) is 0.182. The van der Waals surface area contributed by atoms with Crippen LogP contribution in [0.5, 0.6) is 5.75 Å². The number of aliphatic carboxylic acids is 1. The molecule has 0 unspecified atom stereocenters. The van der Waals surface area contributed by atoms with E-state index in [2.05, 4.69) is 11.8 Å². The largest absolute Gasteiger partial charge is 0.492 e. The van der Waals surface area contributed by atoms with Crippen LogP contribution in [-0.4, -0.2) is 17.7 Å². The van der Waals surface area contributed by atoms with Gasteiger partial charge < -0.3 is 9.84 Å². The van der Waals surface area contributed by atoms with Crippen molar-refractivity contribution in [2.45, 2.75) is 6.42 Å². The summed E-state index contributed by atoms with van der Waals surface area (Å²) in [6, 6.07) is 5.59. The summed E-state index contributed by atoms with van der Waals surface area (Å²) in [5, 5.41) is 8.41. The molecule has 1 aromatic rings. The van der Waals surface area contributed by atoms with E-state index >= 15 is 0 Å². The fourth-order valence-corrected chi connectivity index (χ4v) is 1.43. The van der Waals surface area contributed by atoms with Crippen LogP contribution in [0.4, 0.5) is 0 Å². The smallest absolute Gasteiger partial charge is 0.382 e. The van der Waals surface area contributed by atoms with Crippen LogP contribution in [0.25, 0.3) is 0 Å². The predicted octanol–water partition coefficient (Wildman–Crippen LogP) is 1.06. The first-order valence-corrected chi connectivity index (χ1v) is 4.27. The summed E-state index contributed by atoms with van der Waals surface area (Å²) in [6.07, 6.45) is 0.873.